The maximum Gasteiger partial charge on any atom is 0.0767 e. The van der Waals surface area contributed by atoms with Crippen LogP contribution in [0.25, 0.3) is 0 Å². The Bertz CT molecular complexity index is 291. The first-order valence-electron chi connectivity index (χ1n) is 4.41. The van der Waals surface area contributed by atoms with E-state index in [1.165, 1.54) is 5.69 Å². The highest BCUT2D eigenvalue weighted by atomic mass is 79.9. The molecule has 4 heteroatoms. The number of hydrogen-bond acceptors (Lipinski definition) is 2. The van der Waals surface area contributed by atoms with Gasteiger partial charge < -0.3 is 4.90 Å². The van der Waals surface area contributed by atoms with Gasteiger partial charge in [0.25, 0.3) is 0 Å². The second-order valence-electron chi connectivity index (χ2n) is 3.42. The summed E-state index contributed by atoms with van der Waals surface area (Å²) in [6.07, 6.45) is 0.974. The standard InChI is InChI=1S/C9H16BrN3/c1-5-7-9(10)8(6-12(2)3)13(4)11-7/h5-6H2,1-4H3. The van der Waals surface area contributed by atoms with Crippen LogP contribution in [0.5, 0.6) is 0 Å². The SMILES string of the molecule is CCc1nn(C)c(CN(C)C)c1Br. The van der Waals surface area contributed by atoms with Crippen molar-refractivity contribution in [2.45, 2.75) is 19.9 Å². The van der Waals surface area contributed by atoms with Crippen LogP contribution in [0.15, 0.2) is 4.47 Å². The molecule has 1 heterocycles. The van der Waals surface area contributed by atoms with E-state index >= 15 is 0 Å². The minimum Gasteiger partial charge on any atom is -0.304 e. The maximum atomic E-state index is 4.42. The second kappa shape index (κ2) is 4.24. The Kier molecular flexibility index (Phi) is 3.50. The Morgan fingerprint density at radius 2 is 2.08 bits per heavy atom. The quantitative estimate of drug-likeness (QED) is 0.811. The van der Waals surface area contributed by atoms with Gasteiger partial charge in [0.1, 0.15) is 0 Å². The molecule has 0 aliphatic rings. The molecule has 0 aromatic carbocycles. The fraction of sp³-hybridized carbons (Fsp3) is 0.667. The molecule has 0 atom stereocenters. The van der Waals surface area contributed by atoms with Gasteiger partial charge >= 0.3 is 0 Å². The highest BCUT2D eigenvalue weighted by Crippen LogP contribution is 2.22. The molecule has 13 heavy (non-hydrogen) atoms. The van der Waals surface area contributed by atoms with E-state index in [1.54, 1.807) is 0 Å². The lowest BCUT2D eigenvalue weighted by Crippen LogP contribution is -2.14. The van der Waals surface area contributed by atoms with Gasteiger partial charge in [0.05, 0.1) is 15.9 Å². The summed E-state index contributed by atoms with van der Waals surface area (Å²) in [5, 5.41) is 4.42. The number of rotatable bonds is 3. The van der Waals surface area contributed by atoms with E-state index in [1.807, 2.05) is 11.7 Å². The zero-order chi connectivity index (χ0) is 10.0. The zero-order valence-corrected chi connectivity index (χ0v) is 10.2. The maximum absolute atomic E-state index is 4.42. The summed E-state index contributed by atoms with van der Waals surface area (Å²) < 4.78 is 3.11. The molecule has 0 aliphatic carbocycles. The summed E-state index contributed by atoms with van der Waals surface area (Å²) in [6, 6.07) is 0. The average molecular weight is 246 g/mol. The number of nitrogens with zero attached hydrogens (tertiary/aromatic N) is 3. The van der Waals surface area contributed by atoms with Gasteiger partial charge in [-0.1, -0.05) is 6.92 Å². The van der Waals surface area contributed by atoms with E-state index < -0.39 is 0 Å². The van der Waals surface area contributed by atoms with Crippen LogP contribution in [0.3, 0.4) is 0 Å². The third kappa shape index (κ3) is 2.31. The number of aryl methyl sites for hydroxylation is 2. The van der Waals surface area contributed by atoms with E-state index in [9.17, 15) is 0 Å². The van der Waals surface area contributed by atoms with Crippen LogP contribution in [-0.2, 0) is 20.0 Å². The molecule has 0 saturated heterocycles. The van der Waals surface area contributed by atoms with E-state index in [4.69, 9.17) is 0 Å². The average Bonchev–Trinajstić information content (AvgIpc) is 2.31. The topological polar surface area (TPSA) is 21.1 Å². The molecule has 0 spiro atoms. The second-order valence-corrected chi connectivity index (χ2v) is 4.22. The van der Waals surface area contributed by atoms with Crippen molar-refractivity contribution < 1.29 is 0 Å². The van der Waals surface area contributed by atoms with E-state index in [0.29, 0.717) is 0 Å². The van der Waals surface area contributed by atoms with Crippen molar-refractivity contribution in [2.75, 3.05) is 14.1 Å². The fourth-order valence-electron chi connectivity index (χ4n) is 1.29. The van der Waals surface area contributed by atoms with E-state index in [2.05, 4.69) is 46.9 Å². The number of halogens is 1. The Morgan fingerprint density at radius 1 is 1.46 bits per heavy atom. The first kappa shape index (κ1) is 10.7. The number of aromatic nitrogens is 2. The molecule has 0 amide bonds. The molecule has 1 aromatic heterocycles. The van der Waals surface area contributed by atoms with Gasteiger partial charge in [-0.15, -0.1) is 0 Å². The molecule has 0 N–H and O–H groups in total. The predicted molar refractivity (Wildman–Crippen MR) is 57.7 cm³/mol. The lowest BCUT2D eigenvalue weighted by atomic mass is 10.3. The number of hydrogen-bond donors (Lipinski definition) is 0. The smallest absolute Gasteiger partial charge is 0.0767 e. The van der Waals surface area contributed by atoms with Crippen LogP contribution in [-0.4, -0.2) is 28.8 Å². The highest BCUT2D eigenvalue weighted by molar-refractivity contribution is 9.10. The fourth-order valence-corrected chi connectivity index (χ4v) is 2.03. The zero-order valence-electron chi connectivity index (χ0n) is 8.63. The Morgan fingerprint density at radius 3 is 2.46 bits per heavy atom. The van der Waals surface area contributed by atoms with Crippen LogP contribution in [0.1, 0.15) is 18.3 Å². The normalized spacial score (nSPS) is 11.2. The predicted octanol–water partition coefficient (Wildman–Crippen LogP) is 1.81. The van der Waals surface area contributed by atoms with Crippen molar-refractivity contribution in [3.05, 3.63) is 15.9 Å². The van der Waals surface area contributed by atoms with Crippen molar-refractivity contribution in [1.82, 2.24) is 14.7 Å². The lowest BCUT2D eigenvalue weighted by molar-refractivity contribution is 0.386. The Balaban J connectivity index is 2.98. The van der Waals surface area contributed by atoms with Gasteiger partial charge in [0.15, 0.2) is 0 Å². The third-order valence-corrected chi connectivity index (χ3v) is 2.88. The largest absolute Gasteiger partial charge is 0.304 e. The van der Waals surface area contributed by atoms with Crippen molar-refractivity contribution in [3.8, 4) is 0 Å². The summed E-state index contributed by atoms with van der Waals surface area (Å²) in [4.78, 5) is 2.14. The van der Waals surface area contributed by atoms with Crippen molar-refractivity contribution in [2.24, 2.45) is 7.05 Å². The Hall–Kier alpha value is -0.350. The van der Waals surface area contributed by atoms with Crippen LogP contribution in [0.2, 0.25) is 0 Å². The third-order valence-electron chi connectivity index (χ3n) is 1.97. The molecule has 0 aliphatic heterocycles. The molecular weight excluding hydrogens is 230 g/mol. The van der Waals surface area contributed by atoms with Gasteiger partial charge in [-0.25, -0.2) is 0 Å². The van der Waals surface area contributed by atoms with Crippen LogP contribution in [0, 0.1) is 0 Å². The van der Waals surface area contributed by atoms with Gasteiger partial charge in [-0.3, -0.25) is 4.68 Å². The van der Waals surface area contributed by atoms with Gasteiger partial charge in [0.2, 0.25) is 0 Å². The monoisotopic (exact) mass is 245 g/mol. The minimum atomic E-state index is 0.921. The summed E-state index contributed by atoms with van der Waals surface area (Å²) in [6.45, 7) is 3.04. The van der Waals surface area contributed by atoms with Crippen LogP contribution in [0.4, 0.5) is 0 Å². The van der Waals surface area contributed by atoms with E-state index in [-0.39, 0.29) is 0 Å². The summed E-state index contributed by atoms with van der Waals surface area (Å²) >= 11 is 3.58. The van der Waals surface area contributed by atoms with Crippen molar-refractivity contribution in [3.63, 3.8) is 0 Å². The molecule has 3 nitrogen and oxygen atoms in total. The minimum absolute atomic E-state index is 0.921. The van der Waals surface area contributed by atoms with Gasteiger partial charge in [-0.05, 0) is 36.4 Å². The molecule has 0 fully saturated rings. The lowest BCUT2D eigenvalue weighted by Gasteiger charge is -2.09. The first-order chi connectivity index (χ1) is 6.06. The van der Waals surface area contributed by atoms with Crippen LogP contribution < -0.4 is 0 Å². The Labute approximate surface area is 87.9 Å². The molecule has 1 rings (SSSR count). The summed E-state index contributed by atoms with van der Waals surface area (Å²) in [5.41, 5.74) is 2.38. The van der Waals surface area contributed by atoms with Gasteiger partial charge in [0, 0.05) is 13.6 Å². The molecular formula is C9H16BrN3. The van der Waals surface area contributed by atoms with Crippen molar-refractivity contribution in [1.29, 1.82) is 0 Å². The van der Waals surface area contributed by atoms with Crippen LogP contribution >= 0.6 is 15.9 Å². The van der Waals surface area contributed by atoms with Crippen molar-refractivity contribution >= 4 is 15.9 Å². The molecule has 0 unspecified atom stereocenters. The molecule has 1 aromatic rings. The first-order valence-corrected chi connectivity index (χ1v) is 5.20. The molecule has 0 bridgehead atoms. The molecule has 0 saturated carbocycles. The molecule has 0 radical (unpaired) electrons. The van der Waals surface area contributed by atoms with Gasteiger partial charge in [-0.2, -0.15) is 5.10 Å². The highest BCUT2D eigenvalue weighted by Gasteiger charge is 2.12. The summed E-state index contributed by atoms with van der Waals surface area (Å²) in [7, 11) is 6.11. The summed E-state index contributed by atoms with van der Waals surface area (Å²) in [5.74, 6) is 0. The molecule has 74 valence electrons. The van der Waals surface area contributed by atoms with E-state index in [0.717, 1.165) is 23.1 Å².